The van der Waals surface area contributed by atoms with Crippen LogP contribution in [0.1, 0.15) is 24.0 Å². The van der Waals surface area contributed by atoms with Crippen molar-refractivity contribution in [2.45, 2.75) is 19.4 Å². The number of rotatable bonds is 10. The Balaban J connectivity index is 1.54. The van der Waals surface area contributed by atoms with Crippen molar-refractivity contribution < 1.29 is 19.1 Å². The van der Waals surface area contributed by atoms with Crippen LogP contribution < -0.4 is 0 Å². The van der Waals surface area contributed by atoms with E-state index in [2.05, 4.69) is 0 Å². The third-order valence-electron chi connectivity index (χ3n) is 3.43. The lowest BCUT2D eigenvalue weighted by atomic mass is 10.2. The number of benzene rings is 2. The van der Waals surface area contributed by atoms with Gasteiger partial charge in [-0.25, -0.2) is 0 Å². The number of ketones is 1. The molecule has 0 aliphatic rings. The maximum Gasteiger partial charge on any atom is 0.313 e. The van der Waals surface area contributed by atoms with Crippen LogP contribution in [0.5, 0.6) is 0 Å². The number of ether oxygens (including phenoxy) is 2. The van der Waals surface area contributed by atoms with Gasteiger partial charge in [-0.1, -0.05) is 72.8 Å². The van der Waals surface area contributed by atoms with Crippen LogP contribution in [0.15, 0.2) is 66.7 Å². The van der Waals surface area contributed by atoms with Gasteiger partial charge in [0.25, 0.3) is 0 Å². The Labute approximate surface area is 148 Å². The smallest absolute Gasteiger partial charge is 0.313 e. The van der Waals surface area contributed by atoms with Crippen LogP contribution in [0.25, 0.3) is 6.08 Å². The van der Waals surface area contributed by atoms with Crippen LogP contribution in [-0.4, -0.2) is 25.0 Å². The van der Waals surface area contributed by atoms with E-state index in [9.17, 15) is 9.59 Å². The van der Waals surface area contributed by atoms with Gasteiger partial charge >= 0.3 is 5.97 Å². The summed E-state index contributed by atoms with van der Waals surface area (Å²) in [5.41, 5.74) is 2.00. The van der Waals surface area contributed by atoms with Crippen molar-refractivity contribution in [3.8, 4) is 0 Å². The predicted octanol–water partition coefficient (Wildman–Crippen LogP) is 3.81. The van der Waals surface area contributed by atoms with Crippen molar-refractivity contribution in [1.82, 2.24) is 0 Å². The SMILES string of the molecule is O=C(CCOC/C=C/c1ccccc1)CC(=O)OCc1ccccc1. The molecule has 2 rings (SSSR count). The topological polar surface area (TPSA) is 52.6 Å². The second kappa shape index (κ2) is 10.9. The fraction of sp³-hybridized carbons (Fsp3) is 0.238. The minimum absolute atomic E-state index is 0.176. The zero-order chi connectivity index (χ0) is 17.7. The zero-order valence-electron chi connectivity index (χ0n) is 14.1. The number of carbonyl (C=O) groups excluding carboxylic acids is 2. The summed E-state index contributed by atoms with van der Waals surface area (Å²) in [7, 11) is 0. The van der Waals surface area contributed by atoms with E-state index in [1.165, 1.54) is 0 Å². The maximum atomic E-state index is 11.7. The molecular weight excluding hydrogens is 316 g/mol. The van der Waals surface area contributed by atoms with E-state index in [4.69, 9.17) is 9.47 Å². The van der Waals surface area contributed by atoms with Gasteiger partial charge in [0.1, 0.15) is 18.8 Å². The molecule has 0 aliphatic carbocycles. The lowest BCUT2D eigenvalue weighted by Crippen LogP contribution is -2.13. The highest BCUT2D eigenvalue weighted by molar-refractivity contribution is 5.95. The van der Waals surface area contributed by atoms with Crippen LogP contribution in [0.2, 0.25) is 0 Å². The second-order valence-corrected chi connectivity index (χ2v) is 5.50. The van der Waals surface area contributed by atoms with Crippen LogP contribution in [0.4, 0.5) is 0 Å². The molecule has 0 amide bonds. The van der Waals surface area contributed by atoms with E-state index in [-0.39, 0.29) is 25.2 Å². The molecule has 4 heteroatoms. The van der Waals surface area contributed by atoms with Gasteiger partial charge in [-0.2, -0.15) is 0 Å². The third kappa shape index (κ3) is 8.08. The molecule has 4 nitrogen and oxygen atoms in total. The molecule has 0 atom stereocenters. The van der Waals surface area contributed by atoms with Crippen molar-refractivity contribution in [1.29, 1.82) is 0 Å². The van der Waals surface area contributed by atoms with E-state index < -0.39 is 5.97 Å². The fourth-order valence-electron chi connectivity index (χ4n) is 2.12. The molecule has 0 N–H and O–H groups in total. The molecule has 2 aromatic carbocycles. The Morgan fingerprint density at radius 3 is 2.32 bits per heavy atom. The number of hydrogen-bond acceptors (Lipinski definition) is 4. The number of esters is 1. The maximum absolute atomic E-state index is 11.7. The Bertz CT molecular complexity index is 678. The average Bonchev–Trinajstić information content (AvgIpc) is 2.64. The molecule has 0 spiro atoms. The number of hydrogen-bond donors (Lipinski definition) is 0. The number of Topliss-reactive ketones (excluding diaryl/α,β-unsaturated/α-hetero) is 1. The Morgan fingerprint density at radius 1 is 0.920 bits per heavy atom. The molecule has 2 aromatic rings. The van der Waals surface area contributed by atoms with Crippen LogP contribution >= 0.6 is 0 Å². The molecule has 0 aromatic heterocycles. The van der Waals surface area contributed by atoms with E-state index in [0.29, 0.717) is 13.2 Å². The monoisotopic (exact) mass is 338 g/mol. The lowest BCUT2D eigenvalue weighted by molar-refractivity contribution is -0.147. The molecule has 0 fully saturated rings. The first kappa shape index (κ1) is 18.6. The largest absolute Gasteiger partial charge is 0.460 e. The Hall–Kier alpha value is -2.72. The molecule has 0 heterocycles. The summed E-state index contributed by atoms with van der Waals surface area (Å²) in [5, 5.41) is 0. The first-order valence-electron chi connectivity index (χ1n) is 8.24. The summed E-state index contributed by atoms with van der Waals surface area (Å²) in [6.07, 6.45) is 3.85. The van der Waals surface area contributed by atoms with Crippen LogP contribution in [0.3, 0.4) is 0 Å². The quantitative estimate of drug-likeness (QED) is 0.375. The summed E-state index contributed by atoms with van der Waals surface area (Å²) in [6.45, 7) is 0.915. The molecule has 0 saturated heterocycles. The lowest BCUT2D eigenvalue weighted by Gasteiger charge is -2.05. The van der Waals surface area contributed by atoms with Crippen molar-refractivity contribution >= 4 is 17.8 Å². The van der Waals surface area contributed by atoms with Crippen molar-refractivity contribution in [2.24, 2.45) is 0 Å². The standard InChI is InChI=1S/C21H22O4/c22-20(16-21(23)25-17-19-10-5-2-6-11-19)13-15-24-14-7-12-18-8-3-1-4-9-18/h1-12H,13-17H2/b12-7+. The summed E-state index contributed by atoms with van der Waals surface area (Å²) < 4.78 is 10.5. The summed E-state index contributed by atoms with van der Waals surface area (Å²) >= 11 is 0. The molecule has 0 aliphatic heterocycles. The van der Waals surface area contributed by atoms with Gasteiger partial charge in [-0.15, -0.1) is 0 Å². The molecular formula is C21H22O4. The van der Waals surface area contributed by atoms with Crippen molar-refractivity contribution in [3.63, 3.8) is 0 Å². The second-order valence-electron chi connectivity index (χ2n) is 5.50. The molecule has 25 heavy (non-hydrogen) atoms. The first-order chi connectivity index (χ1) is 12.2. The van der Waals surface area contributed by atoms with E-state index >= 15 is 0 Å². The molecule has 130 valence electrons. The normalized spacial score (nSPS) is 10.7. The summed E-state index contributed by atoms with van der Waals surface area (Å²) in [6, 6.07) is 19.3. The highest BCUT2D eigenvalue weighted by atomic mass is 16.5. The van der Waals surface area contributed by atoms with Crippen LogP contribution in [-0.2, 0) is 25.7 Å². The van der Waals surface area contributed by atoms with E-state index in [0.717, 1.165) is 11.1 Å². The highest BCUT2D eigenvalue weighted by Crippen LogP contribution is 2.03. The van der Waals surface area contributed by atoms with E-state index in [1.807, 2.05) is 72.8 Å². The summed E-state index contributed by atoms with van der Waals surface area (Å²) in [5.74, 6) is -0.678. The van der Waals surface area contributed by atoms with E-state index in [1.54, 1.807) is 0 Å². The Kier molecular flexibility index (Phi) is 8.15. The van der Waals surface area contributed by atoms with Crippen LogP contribution in [0, 0.1) is 0 Å². The molecule has 0 bridgehead atoms. The zero-order valence-corrected chi connectivity index (χ0v) is 14.1. The molecule has 0 saturated carbocycles. The van der Waals surface area contributed by atoms with Crippen molar-refractivity contribution in [3.05, 3.63) is 77.9 Å². The van der Waals surface area contributed by atoms with Gasteiger partial charge in [-0.3, -0.25) is 9.59 Å². The minimum atomic E-state index is -0.502. The predicted molar refractivity (Wildman–Crippen MR) is 96.8 cm³/mol. The Morgan fingerprint density at radius 2 is 1.60 bits per heavy atom. The highest BCUT2D eigenvalue weighted by Gasteiger charge is 2.10. The fourth-order valence-corrected chi connectivity index (χ4v) is 2.12. The molecule has 0 radical (unpaired) electrons. The van der Waals surface area contributed by atoms with Gasteiger partial charge in [0.2, 0.25) is 0 Å². The molecule has 0 unspecified atom stereocenters. The minimum Gasteiger partial charge on any atom is -0.460 e. The average molecular weight is 338 g/mol. The number of carbonyl (C=O) groups is 2. The van der Waals surface area contributed by atoms with Gasteiger partial charge < -0.3 is 9.47 Å². The van der Waals surface area contributed by atoms with Gasteiger partial charge in [0.15, 0.2) is 0 Å². The van der Waals surface area contributed by atoms with Gasteiger partial charge in [-0.05, 0) is 11.1 Å². The first-order valence-corrected chi connectivity index (χ1v) is 8.24. The van der Waals surface area contributed by atoms with Gasteiger partial charge in [0, 0.05) is 6.42 Å². The van der Waals surface area contributed by atoms with Crippen molar-refractivity contribution in [2.75, 3.05) is 13.2 Å². The third-order valence-corrected chi connectivity index (χ3v) is 3.43. The van der Waals surface area contributed by atoms with Gasteiger partial charge in [0.05, 0.1) is 13.2 Å². The summed E-state index contributed by atoms with van der Waals surface area (Å²) in [4.78, 5) is 23.3.